The van der Waals surface area contributed by atoms with Crippen LogP contribution in [-0.2, 0) is 18.0 Å². The smallest absolute Gasteiger partial charge is 0.361 e. The van der Waals surface area contributed by atoms with Gasteiger partial charge in [-0.3, -0.25) is 0 Å². The predicted molar refractivity (Wildman–Crippen MR) is 129 cm³/mol. The Labute approximate surface area is 192 Å². The summed E-state index contributed by atoms with van der Waals surface area (Å²) in [7, 11) is 0. The standard InChI is InChI=1S/C26H22B2F2O3/c29-25-7-3-1-5-23(25)27(31)21-13-9-19(10-14-21)17-33-18-20-11-15-22(16-12-20)28(32)24-6-2-4-8-26(24)30/h1-16,31-32H,17-18H2. The van der Waals surface area contributed by atoms with Crippen LogP contribution in [0.4, 0.5) is 8.78 Å². The molecule has 0 bridgehead atoms. The van der Waals surface area contributed by atoms with Gasteiger partial charge in [0.25, 0.3) is 0 Å². The number of rotatable bonds is 8. The molecule has 4 aromatic carbocycles. The largest absolute Gasteiger partial charge is 0.443 e. The fourth-order valence-corrected chi connectivity index (χ4v) is 3.63. The van der Waals surface area contributed by atoms with Gasteiger partial charge in [-0.15, -0.1) is 0 Å². The van der Waals surface area contributed by atoms with Gasteiger partial charge in [-0.1, -0.05) is 84.9 Å². The average molecular weight is 442 g/mol. The van der Waals surface area contributed by atoms with Crippen LogP contribution in [0.2, 0.25) is 0 Å². The maximum Gasteiger partial charge on any atom is 0.361 e. The van der Waals surface area contributed by atoms with Crippen LogP contribution in [0, 0.1) is 11.6 Å². The molecule has 0 radical (unpaired) electrons. The molecule has 0 saturated heterocycles. The van der Waals surface area contributed by atoms with Crippen molar-refractivity contribution >= 4 is 35.7 Å². The zero-order valence-electron chi connectivity index (χ0n) is 17.9. The van der Waals surface area contributed by atoms with Gasteiger partial charge in [-0.05, 0) is 45.1 Å². The van der Waals surface area contributed by atoms with Gasteiger partial charge < -0.3 is 14.8 Å². The number of hydrogen-bond acceptors (Lipinski definition) is 3. The molecule has 0 aliphatic carbocycles. The first-order valence-corrected chi connectivity index (χ1v) is 10.6. The van der Waals surface area contributed by atoms with Gasteiger partial charge in [0.05, 0.1) is 13.2 Å². The quantitative estimate of drug-likeness (QED) is 0.410. The molecule has 7 heteroatoms. The molecule has 0 spiro atoms. The van der Waals surface area contributed by atoms with Crippen LogP contribution in [0.15, 0.2) is 97.1 Å². The minimum Gasteiger partial charge on any atom is -0.443 e. The molecule has 0 aromatic heterocycles. The highest BCUT2D eigenvalue weighted by molar-refractivity contribution is 6.79. The molecule has 0 aliphatic heterocycles. The Morgan fingerprint density at radius 2 is 0.909 bits per heavy atom. The fourth-order valence-electron chi connectivity index (χ4n) is 3.63. The third kappa shape index (κ3) is 5.57. The average Bonchev–Trinajstić information content (AvgIpc) is 2.85. The van der Waals surface area contributed by atoms with Crippen LogP contribution in [-0.4, -0.2) is 23.9 Å². The summed E-state index contributed by atoms with van der Waals surface area (Å²) in [6, 6.07) is 26.7. The molecule has 0 heterocycles. The number of halogens is 2. The van der Waals surface area contributed by atoms with Crippen molar-refractivity contribution in [3.8, 4) is 0 Å². The first-order valence-electron chi connectivity index (χ1n) is 10.6. The summed E-state index contributed by atoms with van der Waals surface area (Å²) in [5.74, 6) is -0.880. The van der Waals surface area contributed by atoms with Crippen molar-refractivity contribution < 1.29 is 23.6 Å². The molecule has 4 rings (SSSR count). The fraction of sp³-hybridized carbons (Fsp3) is 0.0769. The molecule has 4 aromatic rings. The lowest BCUT2D eigenvalue weighted by atomic mass is 9.55. The van der Waals surface area contributed by atoms with E-state index >= 15 is 0 Å². The van der Waals surface area contributed by atoms with Crippen molar-refractivity contribution in [3.05, 3.63) is 120 Å². The van der Waals surface area contributed by atoms with Crippen molar-refractivity contribution in [2.45, 2.75) is 13.2 Å². The number of benzene rings is 4. The van der Waals surface area contributed by atoms with E-state index in [1.807, 2.05) is 24.3 Å². The Bertz CT molecular complexity index is 1110. The van der Waals surface area contributed by atoms with Gasteiger partial charge in [-0.2, -0.15) is 0 Å². The van der Waals surface area contributed by atoms with E-state index in [-0.39, 0.29) is 10.9 Å². The van der Waals surface area contributed by atoms with E-state index in [0.29, 0.717) is 24.1 Å². The molecule has 0 fully saturated rings. The molecule has 0 saturated carbocycles. The second kappa shape index (κ2) is 10.6. The first kappa shape index (κ1) is 22.9. The normalized spacial score (nSPS) is 10.8. The molecule has 0 aliphatic rings. The van der Waals surface area contributed by atoms with Gasteiger partial charge >= 0.3 is 13.8 Å². The molecule has 0 unspecified atom stereocenters. The second-order valence-electron chi connectivity index (χ2n) is 7.82. The number of hydrogen-bond donors (Lipinski definition) is 2. The van der Waals surface area contributed by atoms with Crippen molar-refractivity contribution in [3.63, 3.8) is 0 Å². The van der Waals surface area contributed by atoms with E-state index in [9.17, 15) is 18.8 Å². The Kier molecular flexibility index (Phi) is 7.35. The van der Waals surface area contributed by atoms with Gasteiger partial charge in [0, 0.05) is 0 Å². The zero-order valence-corrected chi connectivity index (χ0v) is 17.9. The van der Waals surface area contributed by atoms with Gasteiger partial charge in [0.15, 0.2) is 0 Å². The van der Waals surface area contributed by atoms with Gasteiger partial charge in [0.1, 0.15) is 11.6 Å². The summed E-state index contributed by atoms with van der Waals surface area (Å²) in [6.07, 6.45) is 0. The van der Waals surface area contributed by atoms with Crippen molar-refractivity contribution in [2.75, 3.05) is 0 Å². The Hall–Kier alpha value is -3.25. The van der Waals surface area contributed by atoms with Crippen LogP contribution in [0.1, 0.15) is 11.1 Å². The van der Waals surface area contributed by atoms with E-state index in [0.717, 1.165) is 11.1 Å². The SMILES string of the molecule is OB(c1ccc(COCc2ccc(B(O)c3ccccc3F)cc2)cc1)c1ccccc1F. The maximum absolute atomic E-state index is 13.9. The molecule has 164 valence electrons. The Morgan fingerprint density at radius 3 is 1.27 bits per heavy atom. The minimum absolute atomic E-state index is 0.241. The van der Waals surface area contributed by atoms with Crippen molar-refractivity contribution in [1.82, 2.24) is 0 Å². The Balaban J connectivity index is 1.31. The van der Waals surface area contributed by atoms with Crippen molar-refractivity contribution in [1.29, 1.82) is 0 Å². The van der Waals surface area contributed by atoms with Crippen LogP contribution in [0.5, 0.6) is 0 Å². The first-order chi connectivity index (χ1) is 16.0. The molecule has 3 nitrogen and oxygen atoms in total. The van der Waals surface area contributed by atoms with Crippen LogP contribution in [0.3, 0.4) is 0 Å². The summed E-state index contributed by atoms with van der Waals surface area (Å²) in [5.41, 5.74) is 3.54. The lowest BCUT2D eigenvalue weighted by Gasteiger charge is -2.11. The van der Waals surface area contributed by atoms with Gasteiger partial charge in [-0.25, -0.2) is 8.78 Å². The minimum atomic E-state index is -1.03. The third-order valence-corrected chi connectivity index (χ3v) is 5.53. The van der Waals surface area contributed by atoms with Gasteiger partial charge in [0.2, 0.25) is 0 Å². The summed E-state index contributed by atoms with van der Waals surface area (Å²) in [4.78, 5) is 0. The van der Waals surface area contributed by atoms with E-state index < -0.39 is 25.5 Å². The van der Waals surface area contributed by atoms with Crippen LogP contribution >= 0.6 is 0 Å². The lowest BCUT2D eigenvalue weighted by molar-refractivity contribution is 0.107. The molecular weight excluding hydrogens is 420 g/mol. The van der Waals surface area contributed by atoms with E-state index in [1.165, 1.54) is 12.1 Å². The second-order valence-corrected chi connectivity index (χ2v) is 7.82. The zero-order chi connectivity index (χ0) is 23.2. The molecular formula is C26H22B2F2O3. The van der Waals surface area contributed by atoms with Crippen LogP contribution < -0.4 is 21.9 Å². The third-order valence-electron chi connectivity index (χ3n) is 5.53. The highest BCUT2D eigenvalue weighted by atomic mass is 19.1. The molecule has 33 heavy (non-hydrogen) atoms. The monoisotopic (exact) mass is 442 g/mol. The maximum atomic E-state index is 13.9. The summed E-state index contributed by atoms with van der Waals surface area (Å²) in [5, 5.41) is 20.9. The summed E-state index contributed by atoms with van der Waals surface area (Å²) < 4.78 is 33.6. The van der Waals surface area contributed by atoms with Crippen LogP contribution in [0.25, 0.3) is 0 Å². The molecule has 0 amide bonds. The summed E-state index contributed by atoms with van der Waals surface area (Å²) >= 11 is 0. The lowest BCUT2D eigenvalue weighted by Crippen LogP contribution is -2.43. The van der Waals surface area contributed by atoms with E-state index in [4.69, 9.17) is 4.74 Å². The Morgan fingerprint density at radius 1 is 0.545 bits per heavy atom. The highest BCUT2D eigenvalue weighted by Gasteiger charge is 2.21. The predicted octanol–water partition coefficient (Wildman–Crippen LogP) is 1.88. The number of ether oxygens (including phenoxy) is 1. The molecule has 2 N–H and O–H groups in total. The summed E-state index contributed by atoms with van der Waals surface area (Å²) in [6.45, 7) is -1.32. The molecule has 0 atom stereocenters. The van der Waals surface area contributed by atoms with Crippen molar-refractivity contribution in [2.24, 2.45) is 0 Å². The van der Waals surface area contributed by atoms with E-state index in [1.54, 1.807) is 60.7 Å². The topological polar surface area (TPSA) is 49.7 Å². The van der Waals surface area contributed by atoms with E-state index in [2.05, 4.69) is 0 Å². The highest BCUT2D eigenvalue weighted by Crippen LogP contribution is 2.06.